The molecule has 2 aliphatic heterocycles. The first-order valence-electron chi connectivity index (χ1n) is 8.74. The largest absolute Gasteiger partial charge is 0.491 e. The average molecular weight is 357 g/mol. The van der Waals surface area contributed by atoms with Crippen molar-refractivity contribution in [3.8, 4) is 5.75 Å². The number of ether oxygens (including phenoxy) is 1. The Hall–Kier alpha value is -2.20. The Bertz CT molecular complexity index is 780. The van der Waals surface area contributed by atoms with Gasteiger partial charge in [0, 0.05) is 23.2 Å². The van der Waals surface area contributed by atoms with Gasteiger partial charge in [0.25, 0.3) is 0 Å². The second-order valence-corrected chi connectivity index (χ2v) is 7.04. The van der Waals surface area contributed by atoms with E-state index in [1.165, 1.54) is 0 Å². The average Bonchev–Trinajstić information content (AvgIpc) is 3.24. The van der Waals surface area contributed by atoms with Gasteiger partial charge in [-0.2, -0.15) is 0 Å². The highest BCUT2D eigenvalue weighted by Gasteiger charge is 2.32. The molecule has 2 aromatic carbocycles. The Morgan fingerprint density at radius 2 is 2.00 bits per heavy atom. The molecule has 2 amide bonds. The lowest BCUT2D eigenvalue weighted by Crippen LogP contribution is -2.45. The van der Waals surface area contributed by atoms with Gasteiger partial charge in [0.2, 0.25) is 0 Å². The van der Waals surface area contributed by atoms with Gasteiger partial charge in [0.15, 0.2) is 0 Å². The molecule has 2 aliphatic rings. The maximum atomic E-state index is 12.8. The fraction of sp³-hybridized carbons (Fsp3) is 0.350. The normalized spacial score (nSPS) is 21.7. The molecule has 0 aromatic heterocycles. The Balaban J connectivity index is 1.44. The van der Waals surface area contributed by atoms with Gasteiger partial charge in [-0.25, -0.2) is 4.79 Å². The number of halogens is 1. The van der Waals surface area contributed by atoms with Gasteiger partial charge in [0.05, 0.1) is 6.04 Å². The first-order valence-corrected chi connectivity index (χ1v) is 9.12. The quantitative estimate of drug-likeness (QED) is 0.895. The maximum Gasteiger partial charge on any atom is 0.318 e. The number of benzene rings is 2. The fourth-order valence-electron chi connectivity index (χ4n) is 3.75. The highest BCUT2D eigenvalue weighted by molar-refractivity contribution is 6.31. The van der Waals surface area contributed by atoms with Crippen LogP contribution in [0.5, 0.6) is 5.75 Å². The lowest BCUT2D eigenvalue weighted by molar-refractivity contribution is 0.185. The van der Waals surface area contributed by atoms with Gasteiger partial charge < -0.3 is 15.0 Å². The minimum Gasteiger partial charge on any atom is -0.491 e. The lowest BCUT2D eigenvalue weighted by atomic mass is 10.0. The molecule has 5 heteroatoms. The number of nitrogens with one attached hydrogen (secondary N) is 1. The topological polar surface area (TPSA) is 41.6 Å². The van der Waals surface area contributed by atoms with Crippen molar-refractivity contribution in [2.75, 3.05) is 13.2 Å². The van der Waals surface area contributed by atoms with Crippen molar-refractivity contribution in [1.82, 2.24) is 10.2 Å². The number of nitrogens with zero attached hydrogens (tertiary/aromatic N) is 1. The van der Waals surface area contributed by atoms with E-state index in [2.05, 4.69) is 5.32 Å². The Kier molecular flexibility index (Phi) is 4.53. The van der Waals surface area contributed by atoms with Gasteiger partial charge in [-0.3, -0.25) is 0 Å². The van der Waals surface area contributed by atoms with Crippen molar-refractivity contribution in [2.45, 2.75) is 31.3 Å². The summed E-state index contributed by atoms with van der Waals surface area (Å²) in [6.07, 6.45) is 2.83. The summed E-state index contributed by atoms with van der Waals surface area (Å²) in [5.74, 6) is 0.863. The number of para-hydroxylation sites is 1. The van der Waals surface area contributed by atoms with Crippen molar-refractivity contribution in [2.24, 2.45) is 0 Å². The van der Waals surface area contributed by atoms with Crippen LogP contribution in [-0.4, -0.2) is 30.1 Å². The van der Waals surface area contributed by atoms with Crippen molar-refractivity contribution in [3.63, 3.8) is 0 Å². The van der Waals surface area contributed by atoms with Gasteiger partial charge in [0.1, 0.15) is 12.4 Å². The highest BCUT2D eigenvalue weighted by Crippen LogP contribution is 2.32. The predicted molar refractivity (Wildman–Crippen MR) is 98.1 cm³/mol. The van der Waals surface area contributed by atoms with Crippen LogP contribution < -0.4 is 10.1 Å². The van der Waals surface area contributed by atoms with E-state index >= 15 is 0 Å². The van der Waals surface area contributed by atoms with E-state index in [-0.39, 0.29) is 18.1 Å². The molecule has 1 fully saturated rings. The van der Waals surface area contributed by atoms with E-state index < -0.39 is 0 Å². The zero-order chi connectivity index (χ0) is 17.2. The molecule has 0 aliphatic carbocycles. The molecule has 0 spiro atoms. The van der Waals surface area contributed by atoms with E-state index in [0.29, 0.717) is 6.61 Å². The zero-order valence-electron chi connectivity index (χ0n) is 14.0. The molecule has 4 nitrogen and oxygen atoms in total. The van der Waals surface area contributed by atoms with E-state index in [9.17, 15) is 4.79 Å². The van der Waals surface area contributed by atoms with Crippen LogP contribution in [0.25, 0.3) is 0 Å². The molecule has 1 N–H and O–H groups in total. The fourth-order valence-corrected chi connectivity index (χ4v) is 3.96. The number of amides is 2. The van der Waals surface area contributed by atoms with Crippen LogP contribution >= 0.6 is 11.6 Å². The van der Waals surface area contributed by atoms with Crippen LogP contribution in [0.2, 0.25) is 5.02 Å². The molecule has 1 saturated heterocycles. The molecule has 0 bridgehead atoms. The number of hydrogen-bond acceptors (Lipinski definition) is 2. The summed E-state index contributed by atoms with van der Waals surface area (Å²) >= 11 is 6.29. The van der Waals surface area contributed by atoms with Crippen molar-refractivity contribution in [3.05, 3.63) is 64.7 Å². The standard InChI is InChI=1S/C20H21ClN2O2/c21-17-9-3-1-6-14(17)12-15-7-5-11-23(15)20(24)22-18-13-25-19-10-4-2-8-16(18)19/h1-4,6,8-10,15,18H,5,7,11-13H2,(H,22,24)/t15-,18-/m1/s1. The molecule has 4 rings (SSSR count). The summed E-state index contributed by atoms with van der Waals surface area (Å²) in [5.41, 5.74) is 2.15. The smallest absolute Gasteiger partial charge is 0.318 e. The number of fused-ring (bicyclic) bond motifs is 1. The summed E-state index contributed by atoms with van der Waals surface area (Å²) < 4.78 is 5.66. The molecule has 2 heterocycles. The van der Waals surface area contributed by atoms with E-state index in [1.807, 2.05) is 53.4 Å². The first kappa shape index (κ1) is 16.3. The molecule has 2 atom stereocenters. The van der Waals surface area contributed by atoms with Crippen LogP contribution in [0.15, 0.2) is 48.5 Å². The highest BCUT2D eigenvalue weighted by atomic mass is 35.5. The molecule has 0 radical (unpaired) electrons. The number of rotatable bonds is 3. The molecule has 130 valence electrons. The number of likely N-dealkylation sites (tertiary alicyclic amines) is 1. The monoisotopic (exact) mass is 356 g/mol. The van der Waals surface area contributed by atoms with Crippen LogP contribution in [-0.2, 0) is 6.42 Å². The van der Waals surface area contributed by atoms with Gasteiger partial charge in [-0.15, -0.1) is 0 Å². The minimum atomic E-state index is -0.0785. The number of carbonyl (C=O) groups is 1. The Morgan fingerprint density at radius 1 is 1.20 bits per heavy atom. The molecule has 0 saturated carbocycles. The summed E-state index contributed by atoms with van der Waals surface area (Å²) in [6, 6.07) is 15.8. The zero-order valence-corrected chi connectivity index (χ0v) is 14.7. The summed E-state index contributed by atoms with van der Waals surface area (Å²) in [4.78, 5) is 14.8. The molecular weight excluding hydrogens is 336 g/mol. The van der Waals surface area contributed by atoms with Crippen LogP contribution in [0, 0.1) is 0 Å². The van der Waals surface area contributed by atoms with Crippen LogP contribution in [0.4, 0.5) is 4.79 Å². The van der Waals surface area contributed by atoms with E-state index in [1.54, 1.807) is 0 Å². The van der Waals surface area contributed by atoms with Crippen molar-refractivity contribution in [1.29, 1.82) is 0 Å². The van der Waals surface area contributed by atoms with Crippen LogP contribution in [0.1, 0.15) is 30.0 Å². The number of carbonyl (C=O) groups excluding carboxylic acids is 1. The third kappa shape index (κ3) is 3.31. The van der Waals surface area contributed by atoms with E-state index in [4.69, 9.17) is 16.3 Å². The first-order chi connectivity index (χ1) is 12.2. The SMILES string of the molecule is O=C(N[C@@H]1COc2ccccc21)N1CCC[C@@H]1Cc1ccccc1Cl. The van der Waals surface area contributed by atoms with Gasteiger partial charge in [-0.05, 0) is 37.0 Å². The van der Waals surface area contributed by atoms with Gasteiger partial charge in [-0.1, -0.05) is 48.0 Å². The van der Waals surface area contributed by atoms with E-state index in [0.717, 1.165) is 47.7 Å². The Morgan fingerprint density at radius 3 is 2.88 bits per heavy atom. The second-order valence-electron chi connectivity index (χ2n) is 6.64. The summed E-state index contributed by atoms with van der Waals surface area (Å²) in [6.45, 7) is 1.28. The van der Waals surface area contributed by atoms with Crippen LogP contribution in [0.3, 0.4) is 0 Å². The number of hydrogen-bond donors (Lipinski definition) is 1. The summed E-state index contributed by atoms with van der Waals surface area (Å²) in [5, 5.41) is 3.91. The predicted octanol–water partition coefficient (Wildman–Crippen LogP) is 4.19. The number of urea groups is 1. The third-order valence-electron chi connectivity index (χ3n) is 5.05. The Labute approximate surface area is 152 Å². The van der Waals surface area contributed by atoms with Crippen molar-refractivity contribution < 1.29 is 9.53 Å². The molecule has 0 unspecified atom stereocenters. The van der Waals surface area contributed by atoms with Crippen molar-refractivity contribution >= 4 is 17.6 Å². The molecular formula is C20H21ClN2O2. The minimum absolute atomic E-state index is 0.0140. The third-order valence-corrected chi connectivity index (χ3v) is 5.42. The maximum absolute atomic E-state index is 12.8. The molecule has 2 aromatic rings. The molecule has 25 heavy (non-hydrogen) atoms. The summed E-state index contributed by atoms with van der Waals surface area (Å²) in [7, 11) is 0. The second kappa shape index (κ2) is 6.96. The lowest BCUT2D eigenvalue weighted by Gasteiger charge is -2.27. The van der Waals surface area contributed by atoms with Gasteiger partial charge >= 0.3 is 6.03 Å².